The Morgan fingerprint density at radius 1 is 0.865 bits per heavy atom. The maximum absolute atomic E-state index is 13.7. The van der Waals surface area contributed by atoms with E-state index in [4.69, 9.17) is 13.7 Å². The molecule has 2 aliphatic rings. The Bertz CT molecular complexity index is 1300. The fraction of sp³-hybridized carbons (Fsp3) is 0.355. The molecule has 0 amide bonds. The number of rotatable bonds is 2. The van der Waals surface area contributed by atoms with Crippen molar-refractivity contribution in [2.75, 3.05) is 20.3 Å². The summed E-state index contributed by atoms with van der Waals surface area (Å²) in [6.45, 7) is 4.88. The van der Waals surface area contributed by atoms with Crippen molar-refractivity contribution in [3.63, 3.8) is 0 Å². The minimum Gasteiger partial charge on any atom is -0.468 e. The van der Waals surface area contributed by atoms with Gasteiger partial charge in [-0.05, 0) is 53.0 Å². The molecule has 0 spiro atoms. The molecule has 6 heteroatoms. The average molecular weight is 517 g/mol. The third-order valence-corrected chi connectivity index (χ3v) is 8.84. The fourth-order valence-corrected chi connectivity index (χ4v) is 6.50. The molecule has 2 atom stereocenters. The first-order valence-corrected chi connectivity index (χ1v) is 13.4. The Hall–Kier alpha value is -3.09. The summed E-state index contributed by atoms with van der Waals surface area (Å²) >= 11 is 1.34. The van der Waals surface area contributed by atoms with Crippen LogP contribution in [0.3, 0.4) is 0 Å². The van der Waals surface area contributed by atoms with Crippen molar-refractivity contribution in [3.8, 4) is 11.1 Å². The largest absolute Gasteiger partial charge is 0.468 e. The number of hydrogen-bond acceptors (Lipinski definition) is 6. The van der Waals surface area contributed by atoms with Crippen molar-refractivity contribution in [1.29, 1.82) is 0 Å². The lowest BCUT2D eigenvalue weighted by molar-refractivity contribution is -0.164. The van der Waals surface area contributed by atoms with Crippen LogP contribution >= 0.6 is 12.0 Å². The van der Waals surface area contributed by atoms with Gasteiger partial charge in [0.25, 0.3) is 0 Å². The van der Waals surface area contributed by atoms with Crippen LogP contribution in [0.5, 0.6) is 0 Å². The summed E-state index contributed by atoms with van der Waals surface area (Å²) in [5, 5.41) is 0. The van der Waals surface area contributed by atoms with E-state index in [9.17, 15) is 9.59 Å². The molecule has 3 aromatic carbocycles. The maximum atomic E-state index is 13.7. The number of carbonyl (C=O) groups is 2. The summed E-state index contributed by atoms with van der Waals surface area (Å²) in [4.78, 5) is 27.9. The van der Waals surface area contributed by atoms with Crippen LogP contribution in [0.15, 0.2) is 83.8 Å². The molecule has 2 unspecified atom stereocenters. The molecular formula is C31H32O5S. The highest BCUT2D eigenvalue weighted by Gasteiger charge is 2.78. The van der Waals surface area contributed by atoms with Gasteiger partial charge in [0.1, 0.15) is 0 Å². The van der Waals surface area contributed by atoms with Crippen molar-refractivity contribution in [1.82, 2.24) is 0 Å². The smallest absolute Gasteiger partial charge is 0.324 e. The molecule has 0 N–H and O–H groups in total. The van der Waals surface area contributed by atoms with Crippen LogP contribution in [-0.4, -0.2) is 32.3 Å². The Morgan fingerprint density at radius 2 is 1.54 bits per heavy atom. The molecule has 0 aromatic heterocycles. The average Bonchev–Trinajstić information content (AvgIpc) is 3.62. The van der Waals surface area contributed by atoms with Gasteiger partial charge in [0.15, 0.2) is 5.41 Å². The molecule has 1 heterocycles. The Labute approximate surface area is 222 Å². The first-order chi connectivity index (χ1) is 17.9. The quantitative estimate of drug-likeness (QED) is 0.220. The monoisotopic (exact) mass is 516 g/mol. The molecule has 37 heavy (non-hydrogen) atoms. The predicted molar refractivity (Wildman–Crippen MR) is 144 cm³/mol. The van der Waals surface area contributed by atoms with E-state index in [1.165, 1.54) is 24.7 Å². The van der Waals surface area contributed by atoms with Crippen LogP contribution in [0.4, 0.5) is 0 Å². The fourth-order valence-electron chi connectivity index (χ4n) is 5.80. The number of carbonyl (C=O) groups excluding carboxylic acids is 2. The number of ether oxygens (including phenoxy) is 2. The highest BCUT2D eigenvalue weighted by Crippen LogP contribution is 2.68. The van der Waals surface area contributed by atoms with E-state index in [0.29, 0.717) is 25.9 Å². The first-order valence-electron chi connectivity index (χ1n) is 12.7. The van der Waals surface area contributed by atoms with E-state index in [2.05, 4.69) is 38.1 Å². The molecular weight excluding hydrogens is 484 g/mol. The Kier molecular flexibility index (Phi) is 6.90. The maximum Gasteiger partial charge on any atom is 0.324 e. The Balaban J connectivity index is 1.56. The molecule has 192 valence electrons. The molecule has 1 aliphatic carbocycles. The van der Waals surface area contributed by atoms with Gasteiger partial charge in [-0.25, -0.2) is 0 Å². The van der Waals surface area contributed by atoms with Crippen LogP contribution in [0.1, 0.15) is 44.2 Å². The van der Waals surface area contributed by atoms with E-state index < -0.39 is 22.8 Å². The van der Waals surface area contributed by atoms with Gasteiger partial charge < -0.3 is 13.7 Å². The van der Waals surface area contributed by atoms with Crippen molar-refractivity contribution >= 4 is 24.0 Å². The second kappa shape index (κ2) is 9.99. The van der Waals surface area contributed by atoms with Crippen LogP contribution in [0, 0.1) is 5.41 Å². The molecule has 3 aromatic rings. The SMILES string of the molecule is COC(=O)C12CC1(c1ccccc1)CCOSc1ccccc1-c1ccccc1C(C)(C)CCOC2=O. The lowest BCUT2D eigenvalue weighted by Crippen LogP contribution is -2.37. The molecule has 0 bridgehead atoms. The standard InChI is InChI=1S/C31H32O5S/c1-29(2)17-19-35-28(33)31(27(32)34-3)21-30(31,22-11-5-4-6-12-22)18-20-36-37-26-16-10-8-14-24(26)23-13-7-9-15-25(23)29/h4-16H,17-21H2,1-3H3. The van der Waals surface area contributed by atoms with Crippen LogP contribution in [0.25, 0.3) is 11.1 Å². The van der Waals surface area contributed by atoms with Gasteiger partial charge in [-0.2, -0.15) is 0 Å². The minimum atomic E-state index is -1.38. The number of benzene rings is 3. The normalized spacial score (nSPS) is 25.2. The van der Waals surface area contributed by atoms with Gasteiger partial charge in [-0.1, -0.05) is 86.6 Å². The molecule has 0 saturated heterocycles. The molecule has 5 rings (SSSR count). The Morgan fingerprint density at radius 3 is 2.30 bits per heavy atom. The van der Waals surface area contributed by atoms with Crippen LogP contribution in [0.2, 0.25) is 0 Å². The zero-order valence-corrected chi connectivity index (χ0v) is 22.3. The van der Waals surface area contributed by atoms with Gasteiger partial charge in [0.05, 0.1) is 20.3 Å². The summed E-state index contributed by atoms with van der Waals surface area (Å²) in [5.74, 6) is -1.06. The van der Waals surface area contributed by atoms with Crippen LogP contribution in [-0.2, 0) is 34.1 Å². The second-order valence-corrected chi connectivity index (χ2v) is 11.3. The minimum absolute atomic E-state index is 0.205. The summed E-state index contributed by atoms with van der Waals surface area (Å²) in [5.41, 5.74) is 1.93. The highest BCUT2D eigenvalue weighted by atomic mass is 32.2. The van der Waals surface area contributed by atoms with Gasteiger partial charge in [-0.15, -0.1) is 0 Å². The lowest BCUT2D eigenvalue weighted by atomic mass is 9.78. The number of methoxy groups -OCH3 is 1. The number of esters is 2. The van der Waals surface area contributed by atoms with Gasteiger partial charge in [0.2, 0.25) is 0 Å². The summed E-state index contributed by atoms with van der Waals surface area (Å²) in [6.07, 6.45) is 1.43. The van der Waals surface area contributed by atoms with Crippen molar-refractivity contribution in [2.24, 2.45) is 5.41 Å². The van der Waals surface area contributed by atoms with Gasteiger partial charge in [0, 0.05) is 22.4 Å². The zero-order chi connectivity index (χ0) is 26.1. The van der Waals surface area contributed by atoms with E-state index in [1.54, 1.807) is 0 Å². The van der Waals surface area contributed by atoms with E-state index in [0.717, 1.165) is 21.6 Å². The highest BCUT2D eigenvalue weighted by molar-refractivity contribution is 7.94. The third kappa shape index (κ3) is 4.36. The van der Waals surface area contributed by atoms with Crippen LogP contribution < -0.4 is 0 Å². The van der Waals surface area contributed by atoms with Gasteiger partial charge in [-0.3, -0.25) is 9.59 Å². The third-order valence-electron chi connectivity index (χ3n) is 8.02. The van der Waals surface area contributed by atoms with E-state index in [-0.39, 0.29) is 12.0 Å². The topological polar surface area (TPSA) is 61.8 Å². The summed E-state index contributed by atoms with van der Waals surface area (Å²) in [6, 6.07) is 26.3. The molecule has 5 nitrogen and oxygen atoms in total. The molecule has 1 aliphatic heterocycles. The molecule has 0 radical (unpaired) electrons. The van der Waals surface area contributed by atoms with Crippen molar-refractivity contribution in [3.05, 3.63) is 90.0 Å². The lowest BCUT2D eigenvalue weighted by Gasteiger charge is -2.29. The van der Waals surface area contributed by atoms with E-state index in [1.807, 2.05) is 54.6 Å². The predicted octanol–water partition coefficient (Wildman–Crippen LogP) is 6.49. The first kappa shape index (κ1) is 25.6. The molecule has 1 saturated carbocycles. The number of fused-ring (bicyclic) bond motifs is 4. The van der Waals surface area contributed by atoms with E-state index >= 15 is 0 Å². The van der Waals surface area contributed by atoms with Crippen molar-refractivity contribution < 1.29 is 23.2 Å². The molecule has 1 fully saturated rings. The number of hydrogen-bond donors (Lipinski definition) is 0. The van der Waals surface area contributed by atoms with Crippen molar-refractivity contribution in [2.45, 2.75) is 48.8 Å². The summed E-state index contributed by atoms with van der Waals surface area (Å²) in [7, 11) is 1.33. The van der Waals surface area contributed by atoms with Gasteiger partial charge >= 0.3 is 11.9 Å². The zero-order valence-electron chi connectivity index (χ0n) is 21.5. The summed E-state index contributed by atoms with van der Waals surface area (Å²) < 4.78 is 17.2. The second-order valence-electron chi connectivity index (χ2n) is 10.5. The number of cyclic esters (lactones) is 1.